The summed E-state index contributed by atoms with van der Waals surface area (Å²) in [6.45, 7) is 1.94. The van der Waals surface area contributed by atoms with E-state index in [1.54, 1.807) is 0 Å². The normalized spacial score (nSPS) is 21.2. The van der Waals surface area contributed by atoms with E-state index in [-0.39, 0.29) is 6.04 Å². The summed E-state index contributed by atoms with van der Waals surface area (Å²) in [5.74, 6) is 0.730. The lowest BCUT2D eigenvalue weighted by Crippen LogP contribution is -2.34. The molecule has 0 aromatic carbocycles. The van der Waals surface area contributed by atoms with Crippen molar-refractivity contribution < 1.29 is 13.2 Å². The number of halogens is 3. The van der Waals surface area contributed by atoms with Crippen LogP contribution in [0.3, 0.4) is 0 Å². The number of nitrogens with zero attached hydrogens (tertiary/aromatic N) is 2. The highest BCUT2D eigenvalue weighted by molar-refractivity contribution is 5.36. The number of hydrogen-bond donors (Lipinski definition) is 1. The molecular formula is C12H16F3N3. The number of nitrogens with one attached hydrogen (secondary N) is 1. The van der Waals surface area contributed by atoms with Crippen LogP contribution in [0.1, 0.15) is 12.1 Å². The Morgan fingerprint density at radius 2 is 2.22 bits per heavy atom. The summed E-state index contributed by atoms with van der Waals surface area (Å²) in [7, 11) is 0. The van der Waals surface area contributed by atoms with Gasteiger partial charge in [0.05, 0.1) is 6.54 Å². The van der Waals surface area contributed by atoms with Crippen molar-refractivity contribution in [1.82, 2.24) is 9.88 Å². The van der Waals surface area contributed by atoms with Gasteiger partial charge in [0, 0.05) is 24.8 Å². The summed E-state index contributed by atoms with van der Waals surface area (Å²) in [5, 5.41) is 3.18. The molecule has 1 N–H and O–H groups in total. The number of alkyl halides is 3. The largest absolute Gasteiger partial charge is 0.401 e. The van der Waals surface area contributed by atoms with Crippen LogP contribution in [0.15, 0.2) is 18.2 Å². The number of aromatic nitrogens is 1. The number of anilines is 1. The van der Waals surface area contributed by atoms with Crippen LogP contribution < -0.4 is 5.32 Å². The van der Waals surface area contributed by atoms with Crippen molar-refractivity contribution in [3.8, 4) is 0 Å². The quantitative estimate of drug-likeness (QED) is 0.903. The summed E-state index contributed by atoms with van der Waals surface area (Å²) in [5.41, 5.74) is 0.894. The molecule has 0 bridgehead atoms. The first kappa shape index (κ1) is 13.1. The van der Waals surface area contributed by atoms with Gasteiger partial charge >= 0.3 is 6.18 Å². The number of aryl methyl sites for hydroxylation is 1. The smallest absolute Gasteiger partial charge is 0.366 e. The highest BCUT2D eigenvalue weighted by atomic mass is 19.4. The summed E-state index contributed by atoms with van der Waals surface area (Å²) < 4.78 is 36.7. The molecule has 6 heteroatoms. The van der Waals surface area contributed by atoms with Gasteiger partial charge in [0.25, 0.3) is 0 Å². The average Bonchev–Trinajstić information content (AvgIpc) is 2.62. The molecule has 0 saturated carbocycles. The molecule has 0 aliphatic carbocycles. The minimum absolute atomic E-state index is 0.0432. The monoisotopic (exact) mass is 259 g/mol. The topological polar surface area (TPSA) is 28.2 Å². The second-order valence-electron chi connectivity index (χ2n) is 4.64. The van der Waals surface area contributed by atoms with Gasteiger partial charge in [-0.3, -0.25) is 4.90 Å². The molecule has 1 atom stereocenters. The van der Waals surface area contributed by atoms with Gasteiger partial charge in [0.15, 0.2) is 0 Å². The summed E-state index contributed by atoms with van der Waals surface area (Å²) in [6.07, 6.45) is -3.40. The van der Waals surface area contributed by atoms with E-state index >= 15 is 0 Å². The van der Waals surface area contributed by atoms with Gasteiger partial charge in [-0.05, 0) is 25.5 Å². The molecule has 18 heavy (non-hydrogen) atoms. The van der Waals surface area contributed by atoms with Gasteiger partial charge < -0.3 is 5.32 Å². The molecule has 100 valence electrons. The van der Waals surface area contributed by atoms with Crippen molar-refractivity contribution in [2.75, 3.05) is 25.0 Å². The Hall–Kier alpha value is -1.30. The lowest BCUT2D eigenvalue weighted by molar-refractivity contribution is -0.143. The molecule has 2 heterocycles. The van der Waals surface area contributed by atoms with Crippen molar-refractivity contribution in [1.29, 1.82) is 0 Å². The lowest BCUT2D eigenvalue weighted by atomic mass is 10.2. The minimum atomic E-state index is -4.11. The van der Waals surface area contributed by atoms with Crippen molar-refractivity contribution in [2.24, 2.45) is 0 Å². The molecule has 1 aromatic heterocycles. The van der Waals surface area contributed by atoms with E-state index in [0.717, 1.165) is 11.5 Å². The summed E-state index contributed by atoms with van der Waals surface area (Å²) in [6, 6.07) is 5.64. The Labute approximate surface area is 104 Å². The van der Waals surface area contributed by atoms with Crippen LogP contribution >= 0.6 is 0 Å². The van der Waals surface area contributed by atoms with Crippen LogP contribution in [-0.4, -0.2) is 41.7 Å². The van der Waals surface area contributed by atoms with E-state index in [1.165, 1.54) is 4.90 Å². The van der Waals surface area contributed by atoms with E-state index in [9.17, 15) is 13.2 Å². The fraction of sp³-hybridized carbons (Fsp3) is 0.583. The first-order valence-corrected chi connectivity index (χ1v) is 5.92. The molecule has 0 spiro atoms. The third-order valence-electron chi connectivity index (χ3n) is 2.92. The minimum Gasteiger partial charge on any atom is -0.366 e. The second kappa shape index (κ2) is 5.14. The van der Waals surface area contributed by atoms with Crippen LogP contribution in [-0.2, 0) is 0 Å². The van der Waals surface area contributed by atoms with Gasteiger partial charge in [-0.1, -0.05) is 6.07 Å². The van der Waals surface area contributed by atoms with E-state index in [2.05, 4.69) is 10.3 Å². The average molecular weight is 259 g/mol. The number of likely N-dealkylation sites (tertiary alicyclic amines) is 1. The number of rotatable bonds is 3. The molecule has 1 aromatic rings. The SMILES string of the molecule is Cc1cccc(NC2CCN(CC(F)(F)F)C2)n1. The van der Waals surface area contributed by atoms with E-state index < -0.39 is 12.7 Å². The van der Waals surface area contributed by atoms with Gasteiger partial charge in [-0.25, -0.2) is 4.98 Å². The Bertz CT molecular complexity index is 406. The molecule has 2 rings (SSSR count). The highest BCUT2D eigenvalue weighted by Gasteiger charge is 2.34. The van der Waals surface area contributed by atoms with Crippen molar-refractivity contribution in [3.63, 3.8) is 0 Å². The predicted octanol–water partition coefficient (Wildman–Crippen LogP) is 2.44. The zero-order valence-corrected chi connectivity index (χ0v) is 10.2. The summed E-state index contributed by atoms with van der Waals surface area (Å²) in [4.78, 5) is 5.71. The second-order valence-corrected chi connectivity index (χ2v) is 4.64. The van der Waals surface area contributed by atoms with Gasteiger partial charge in [-0.2, -0.15) is 13.2 Å². The zero-order chi connectivity index (χ0) is 13.2. The van der Waals surface area contributed by atoms with Crippen molar-refractivity contribution >= 4 is 5.82 Å². The van der Waals surface area contributed by atoms with Crippen LogP contribution in [0.4, 0.5) is 19.0 Å². The van der Waals surface area contributed by atoms with E-state index in [1.807, 2.05) is 25.1 Å². The molecule has 3 nitrogen and oxygen atoms in total. The van der Waals surface area contributed by atoms with Crippen molar-refractivity contribution in [2.45, 2.75) is 25.6 Å². The number of pyridine rings is 1. The molecular weight excluding hydrogens is 243 g/mol. The first-order valence-electron chi connectivity index (χ1n) is 5.92. The van der Waals surface area contributed by atoms with Crippen LogP contribution in [0, 0.1) is 6.92 Å². The summed E-state index contributed by atoms with van der Waals surface area (Å²) >= 11 is 0. The zero-order valence-electron chi connectivity index (χ0n) is 10.2. The van der Waals surface area contributed by atoms with E-state index in [4.69, 9.17) is 0 Å². The maximum absolute atomic E-state index is 12.2. The van der Waals surface area contributed by atoms with E-state index in [0.29, 0.717) is 19.5 Å². The fourth-order valence-electron chi connectivity index (χ4n) is 2.18. The molecule has 0 amide bonds. The highest BCUT2D eigenvalue weighted by Crippen LogP contribution is 2.21. The van der Waals surface area contributed by atoms with Crippen molar-refractivity contribution in [3.05, 3.63) is 23.9 Å². The molecule has 0 radical (unpaired) electrons. The van der Waals surface area contributed by atoms with Crippen LogP contribution in [0.5, 0.6) is 0 Å². The molecule has 1 fully saturated rings. The van der Waals surface area contributed by atoms with Crippen LogP contribution in [0.25, 0.3) is 0 Å². The van der Waals surface area contributed by atoms with Gasteiger partial charge in [0.2, 0.25) is 0 Å². The third-order valence-corrected chi connectivity index (χ3v) is 2.92. The van der Waals surface area contributed by atoms with Gasteiger partial charge in [-0.15, -0.1) is 0 Å². The predicted molar refractivity (Wildman–Crippen MR) is 63.5 cm³/mol. The Balaban J connectivity index is 1.86. The molecule has 1 aliphatic rings. The maximum Gasteiger partial charge on any atom is 0.401 e. The Morgan fingerprint density at radius 1 is 1.44 bits per heavy atom. The Morgan fingerprint density at radius 3 is 2.89 bits per heavy atom. The fourth-order valence-corrected chi connectivity index (χ4v) is 2.18. The van der Waals surface area contributed by atoms with Gasteiger partial charge in [0.1, 0.15) is 5.82 Å². The Kier molecular flexibility index (Phi) is 3.75. The van der Waals surface area contributed by atoms with Crippen LogP contribution in [0.2, 0.25) is 0 Å². The molecule has 1 aliphatic heterocycles. The molecule has 1 saturated heterocycles. The number of hydrogen-bond acceptors (Lipinski definition) is 3. The maximum atomic E-state index is 12.2. The standard InChI is InChI=1S/C12H16F3N3/c1-9-3-2-4-11(16-9)17-10-5-6-18(7-10)8-12(13,14)15/h2-4,10H,5-8H2,1H3,(H,16,17). The lowest BCUT2D eigenvalue weighted by Gasteiger charge is -2.18. The first-order chi connectivity index (χ1) is 8.42. The molecule has 1 unspecified atom stereocenters. The third kappa shape index (κ3) is 3.87.